The number of nitrogens with zero attached hydrogens (tertiary/aromatic N) is 4. The van der Waals surface area contributed by atoms with Crippen molar-refractivity contribution in [2.24, 2.45) is 0 Å². The number of nitrogens with one attached hydrogen (secondary N) is 1. The van der Waals surface area contributed by atoms with Gasteiger partial charge in [0.15, 0.2) is 0 Å². The van der Waals surface area contributed by atoms with Crippen molar-refractivity contribution < 1.29 is 11.0 Å². The summed E-state index contributed by atoms with van der Waals surface area (Å²) < 4.78 is 5.26. The van der Waals surface area contributed by atoms with Crippen molar-refractivity contribution in [1.82, 2.24) is 20.3 Å². The van der Waals surface area contributed by atoms with E-state index in [2.05, 4.69) is 20.3 Å². The Morgan fingerprint density at radius 1 is 1.29 bits per heavy atom. The average Bonchev–Trinajstić information content (AvgIpc) is 2.53. The molecule has 24 heavy (non-hydrogen) atoms. The zero-order chi connectivity index (χ0) is 17.7. The van der Waals surface area contributed by atoms with Crippen molar-refractivity contribution >= 4 is 6.09 Å². The van der Waals surface area contributed by atoms with Crippen LogP contribution in [0, 0.1) is 11.3 Å². The first kappa shape index (κ1) is 17.3. The van der Waals surface area contributed by atoms with Crippen molar-refractivity contribution in [3.8, 4) is 17.5 Å². The zero-order valence-electron chi connectivity index (χ0n) is 14.1. The molecule has 126 valence electrons. The Bertz CT molecular complexity index is 766. The summed E-state index contributed by atoms with van der Waals surface area (Å²) in [7, 11) is 0. The standard InChI is InChI=1S/C17H19N5O2.H2/c1-11(22-16(23)24-17(2,3)4)14-15(20-8-7-19-14)13-6-5-12(9-18)10-21-13;/h5-8,10-11H,1-4H3,(H,22,23);1H/t11-;/m0./s1. The van der Waals surface area contributed by atoms with Crippen LogP contribution in [0.25, 0.3) is 11.4 Å². The molecule has 0 aliphatic rings. The largest absolute Gasteiger partial charge is 0.444 e. The van der Waals surface area contributed by atoms with Crippen LogP contribution in [0.3, 0.4) is 0 Å². The van der Waals surface area contributed by atoms with Crippen molar-refractivity contribution in [3.05, 3.63) is 42.0 Å². The van der Waals surface area contributed by atoms with Crippen LogP contribution in [0.15, 0.2) is 30.7 Å². The van der Waals surface area contributed by atoms with Gasteiger partial charge in [0, 0.05) is 20.0 Å². The number of carbonyl (C=O) groups excluding carboxylic acids is 1. The topological polar surface area (TPSA) is 101 Å². The highest BCUT2D eigenvalue weighted by Gasteiger charge is 2.21. The smallest absolute Gasteiger partial charge is 0.408 e. The lowest BCUT2D eigenvalue weighted by molar-refractivity contribution is 0.0507. The normalized spacial score (nSPS) is 12.1. The van der Waals surface area contributed by atoms with Crippen molar-refractivity contribution in [2.45, 2.75) is 39.3 Å². The van der Waals surface area contributed by atoms with Gasteiger partial charge in [0.25, 0.3) is 0 Å². The first-order valence-corrected chi connectivity index (χ1v) is 7.47. The number of aromatic nitrogens is 3. The zero-order valence-corrected chi connectivity index (χ0v) is 14.1. The van der Waals surface area contributed by atoms with Crippen LogP contribution in [0.5, 0.6) is 0 Å². The number of nitriles is 1. The highest BCUT2D eigenvalue weighted by molar-refractivity contribution is 5.69. The summed E-state index contributed by atoms with van der Waals surface area (Å²) in [6.45, 7) is 7.18. The van der Waals surface area contributed by atoms with Gasteiger partial charge in [-0.25, -0.2) is 4.79 Å². The number of pyridine rings is 1. The maximum Gasteiger partial charge on any atom is 0.408 e. The SMILES string of the molecule is C[C@H](NC(=O)OC(C)(C)C)c1nccnc1-c1ccc(C#N)cn1.[HH]. The molecule has 0 aliphatic carbocycles. The quantitative estimate of drug-likeness (QED) is 0.928. The van der Waals surface area contributed by atoms with E-state index in [1.807, 2.05) is 6.07 Å². The van der Waals surface area contributed by atoms with Crippen molar-refractivity contribution in [3.63, 3.8) is 0 Å². The number of carbonyl (C=O) groups is 1. The summed E-state index contributed by atoms with van der Waals surface area (Å²) in [4.78, 5) is 24.8. The van der Waals surface area contributed by atoms with E-state index < -0.39 is 17.7 Å². The number of rotatable bonds is 3. The van der Waals surface area contributed by atoms with E-state index >= 15 is 0 Å². The summed E-state index contributed by atoms with van der Waals surface area (Å²) >= 11 is 0. The van der Waals surface area contributed by atoms with Gasteiger partial charge in [0.2, 0.25) is 0 Å². The second-order valence-electron chi connectivity index (χ2n) is 6.20. The second-order valence-corrected chi connectivity index (χ2v) is 6.20. The minimum Gasteiger partial charge on any atom is -0.444 e. The highest BCUT2D eigenvalue weighted by Crippen LogP contribution is 2.23. The summed E-state index contributed by atoms with van der Waals surface area (Å²) in [6.07, 6.45) is 4.05. The van der Waals surface area contributed by atoms with Crippen LogP contribution in [0.1, 0.15) is 46.4 Å². The lowest BCUT2D eigenvalue weighted by atomic mass is 10.1. The lowest BCUT2D eigenvalue weighted by Gasteiger charge is -2.22. The molecule has 0 aliphatic heterocycles. The molecule has 0 saturated heterocycles. The third-order valence-corrected chi connectivity index (χ3v) is 3.01. The maximum atomic E-state index is 11.9. The van der Waals surface area contributed by atoms with E-state index in [9.17, 15) is 4.79 Å². The number of ether oxygens (including phenoxy) is 1. The van der Waals surface area contributed by atoms with E-state index in [1.165, 1.54) is 6.20 Å². The van der Waals surface area contributed by atoms with Crippen LogP contribution in [-0.2, 0) is 4.74 Å². The molecule has 1 N–H and O–H groups in total. The van der Waals surface area contributed by atoms with Crippen LogP contribution >= 0.6 is 0 Å². The van der Waals surface area contributed by atoms with Gasteiger partial charge in [-0.2, -0.15) is 5.26 Å². The first-order chi connectivity index (χ1) is 11.3. The van der Waals surface area contributed by atoms with Gasteiger partial charge in [0.1, 0.15) is 17.4 Å². The number of hydrogen-bond donors (Lipinski definition) is 1. The Balaban J connectivity index is 0.00000312. The third-order valence-electron chi connectivity index (χ3n) is 3.01. The fourth-order valence-electron chi connectivity index (χ4n) is 2.02. The van der Waals surface area contributed by atoms with Crippen molar-refractivity contribution in [2.75, 3.05) is 0 Å². The summed E-state index contributed by atoms with van der Waals surface area (Å²) in [6, 6.07) is 4.96. The molecule has 7 nitrogen and oxygen atoms in total. The molecular formula is C17H21N5O2. The summed E-state index contributed by atoms with van der Waals surface area (Å²) in [5.41, 5.74) is 1.58. The molecule has 1 atom stereocenters. The van der Waals surface area contributed by atoms with Crippen LogP contribution in [0.4, 0.5) is 4.79 Å². The predicted octanol–water partition coefficient (Wildman–Crippen LogP) is 3.24. The second kappa shape index (κ2) is 7.04. The molecule has 2 heterocycles. The van der Waals surface area contributed by atoms with E-state index in [1.54, 1.807) is 52.2 Å². The van der Waals surface area contributed by atoms with Gasteiger partial charge < -0.3 is 10.1 Å². The Morgan fingerprint density at radius 2 is 2.00 bits per heavy atom. The third kappa shape index (κ3) is 4.49. The van der Waals surface area contributed by atoms with Gasteiger partial charge in [-0.1, -0.05) is 0 Å². The van der Waals surface area contributed by atoms with Gasteiger partial charge in [-0.15, -0.1) is 0 Å². The molecule has 0 bridgehead atoms. The Kier molecular flexibility index (Phi) is 5.09. The maximum absolute atomic E-state index is 11.9. The van der Waals surface area contributed by atoms with Gasteiger partial charge in [0.05, 0.1) is 23.0 Å². The fraction of sp³-hybridized carbons (Fsp3) is 0.353. The molecule has 2 aromatic heterocycles. The molecule has 0 aromatic carbocycles. The van der Waals surface area contributed by atoms with Crippen LogP contribution in [0.2, 0.25) is 0 Å². The molecule has 0 spiro atoms. The van der Waals surface area contributed by atoms with Gasteiger partial charge >= 0.3 is 6.09 Å². The van der Waals surface area contributed by atoms with E-state index in [4.69, 9.17) is 10.00 Å². The van der Waals surface area contributed by atoms with E-state index in [0.29, 0.717) is 22.6 Å². The molecule has 0 unspecified atom stereocenters. The summed E-state index contributed by atoms with van der Waals surface area (Å²) in [5.74, 6) is 0. The molecule has 2 aromatic rings. The highest BCUT2D eigenvalue weighted by atomic mass is 16.6. The minimum absolute atomic E-state index is 0. The molecule has 1 amide bonds. The molecule has 2 rings (SSSR count). The van der Waals surface area contributed by atoms with Crippen molar-refractivity contribution in [1.29, 1.82) is 5.26 Å². The van der Waals surface area contributed by atoms with Gasteiger partial charge in [-0.3, -0.25) is 15.0 Å². The molecule has 0 saturated carbocycles. The van der Waals surface area contributed by atoms with E-state index in [0.717, 1.165) is 0 Å². The molecular weight excluding hydrogens is 306 g/mol. The average molecular weight is 327 g/mol. The minimum atomic E-state index is -0.580. The number of alkyl carbamates (subject to hydrolysis) is 1. The van der Waals surface area contributed by atoms with Crippen LogP contribution in [-0.4, -0.2) is 26.6 Å². The molecule has 0 radical (unpaired) electrons. The Morgan fingerprint density at radius 3 is 2.58 bits per heavy atom. The lowest BCUT2D eigenvalue weighted by Crippen LogP contribution is -2.34. The Labute approximate surface area is 142 Å². The van der Waals surface area contributed by atoms with Gasteiger partial charge in [-0.05, 0) is 39.8 Å². The molecule has 0 fully saturated rings. The monoisotopic (exact) mass is 327 g/mol. The predicted molar refractivity (Wildman–Crippen MR) is 89.9 cm³/mol. The fourth-order valence-corrected chi connectivity index (χ4v) is 2.02. The number of hydrogen-bond acceptors (Lipinski definition) is 6. The number of amides is 1. The first-order valence-electron chi connectivity index (χ1n) is 7.47. The van der Waals surface area contributed by atoms with Crippen LogP contribution < -0.4 is 5.32 Å². The molecule has 7 heteroatoms. The summed E-state index contributed by atoms with van der Waals surface area (Å²) in [5, 5.41) is 11.6. The Hall–Kier alpha value is -3.01. The van der Waals surface area contributed by atoms with E-state index in [-0.39, 0.29) is 1.43 Å².